The molecule has 10 aromatic heterocycles. The average Bonchev–Trinajstić information content (AvgIpc) is 1.61. The fourth-order valence-corrected chi connectivity index (χ4v) is 19.9. The van der Waals surface area contributed by atoms with Gasteiger partial charge in [-0.05, 0) is 218 Å². The maximum atomic E-state index is 13.2. The minimum Gasteiger partial charge on any atom is -0.503 e. The average molecular weight is 2110 g/mol. The number of aromatic nitrogens is 5. The van der Waals surface area contributed by atoms with Crippen molar-refractivity contribution in [2.24, 2.45) is 0 Å². The predicted molar refractivity (Wildman–Crippen MR) is 550 cm³/mol. The number of benzene rings is 5. The van der Waals surface area contributed by atoms with Gasteiger partial charge in [0.05, 0.1) is 91.1 Å². The number of carbonyl (C=O) groups is 11. The number of amides is 5. The molecule has 0 saturated carbocycles. The SMILES string of the molecule is CC(=O)O.CCOc1cccc(C2C(C(=O)c3ccc(C)o3)=C(O)C(=O)N2c2nccs2)c1.CCOc1cccc(C2C(C(=O)c3ccc(C)o3)=C(O)C(=O)N2c2nccs2)c1.CCOc1cccc(C2C(C(=O)c3ccc(C)o3)=C(O)C(=O)N2c2nccs2)c1.CCOc1cccc(C2C(C(=O)c3ccc(C)o3)=C(O)C(=O)N2c2nccs2)c1.CCOc1cccc(C2C(C(=O)c3ccc(C)o3)=C(O)C(=O)N2c2nccs2)c1. The first-order chi connectivity index (χ1) is 71.8. The van der Waals surface area contributed by atoms with E-state index in [1.165, 1.54) is 112 Å². The van der Waals surface area contributed by atoms with Gasteiger partial charge in [-0.2, -0.15) is 0 Å². The smallest absolute Gasteiger partial charge is 0.300 e. The zero-order valence-electron chi connectivity index (χ0n) is 81.3. The number of hydrogen-bond acceptors (Lipinski definition) is 36. The molecule has 15 aromatic rings. The van der Waals surface area contributed by atoms with Crippen LogP contribution < -0.4 is 48.2 Å². The third-order valence-corrected chi connectivity index (χ3v) is 26.5. The topological polar surface area (TPSA) is 502 Å². The van der Waals surface area contributed by atoms with Gasteiger partial charge in [-0.1, -0.05) is 60.7 Å². The fourth-order valence-electron chi connectivity index (χ4n) is 16.6. The Labute approximate surface area is 869 Å². The minimum absolute atomic E-state index is 0.0480. The van der Waals surface area contributed by atoms with Crippen LogP contribution in [0.15, 0.2) is 319 Å². The van der Waals surface area contributed by atoms with Gasteiger partial charge in [0, 0.05) is 64.8 Å². The van der Waals surface area contributed by atoms with Crippen molar-refractivity contribution in [3.63, 3.8) is 0 Å². The van der Waals surface area contributed by atoms with Gasteiger partial charge in [0.2, 0.25) is 28.9 Å². The molecule has 6 N–H and O–H groups in total. The summed E-state index contributed by atoms with van der Waals surface area (Å²) in [4.78, 5) is 167. The van der Waals surface area contributed by atoms with Gasteiger partial charge in [-0.3, -0.25) is 77.2 Å². The first-order valence-electron chi connectivity index (χ1n) is 46.0. The number of aliphatic carboxylic acids is 1. The molecule has 0 saturated heterocycles. The second kappa shape index (κ2) is 47.1. The zero-order valence-corrected chi connectivity index (χ0v) is 85.4. The van der Waals surface area contributed by atoms with Crippen molar-refractivity contribution in [2.75, 3.05) is 57.5 Å². The van der Waals surface area contributed by atoms with Crippen LogP contribution in [0.2, 0.25) is 0 Å². The van der Waals surface area contributed by atoms with Gasteiger partial charge < -0.3 is 76.4 Å². The molecule has 0 aliphatic carbocycles. The van der Waals surface area contributed by atoms with Gasteiger partial charge in [0.15, 0.2) is 83.3 Å². The lowest BCUT2D eigenvalue weighted by Gasteiger charge is -2.24. The van der Waals surface area contributed by atoms with Crippen LogP contribution in [0.4, 0.5) is 25.7 Å². The molecule has 15 heterocycles. The summed E-state index contributed by atoms with van der Waals surface area (Å²) in [6.45, 7) is 21.4. The molecule has 149 heavy (non-hydrogen) atoms. The van der Waals surface area contributed by atoms with E-state index in [1.807, 2.05) is 34.6 Å². The lowest BCUT2D eigenvalue weighted by molar-refractivity contribution is -0.134. The lowest BCUT2D eigenvalue weighted by Crippen LogP contribution is -2.30. The van der Waals surface area contributed by atoms with E-state index in [9.17, 15) is 73.5 Å². The Morgan fingerprint density at radius 1 is 0.282 bits per heavy atom. The number of rotatable bonds is 30. The number of ketones is 5. The Hall–Kier alpha value is -17.5. The summed E-state index contributed by atoms with van der Waals surface area (Å²) in [5.41, 5.74) is 2.86. The maximum Gasteiger partial charge on any atom is 0.300 e. The summed E-state index contributed by atoms with van der Waals surface area (Å²) in [5.74, 6) is -3.91. The molecule has 20 rings (SSSR count). The largest absolute Gasteiger partial charge is 0.503 e. The number of carbonyl (C=O) groups excluding carboxylic acids is 10. The molecule has 42 heteroatoms. The van der Waals surface area contributed by atoms with Crippen molar-refractivity contribution in [3.05, 3.63) is 382 Å². The Morgan fingerprint density at radius 3 is 0.570 bits per heavy atom. The molecule has 0 bridgehead atoms. The molecule has 764 valence electrons. The standard InChI is InChI=1S/5C21H18N2O5S.C2H4O2/c5*1-3-27-14-6-4-5-13(11-14)17-16(18(24)15-8-7-12(2)28-15)19(25)20(26)23(17)21-22-9-10-29-21;1-2(3)4/h5*4-11,17,25H,3H2,1-2H3;1H3,(H,3,4). The normalized spacial score (nSPS) is 16.3. The third kappa shape index (κ3) is 22.8. The molecule has 5 aromatic carbocycles. The summed E-state index contributed by atoms with van der Waals surface area (Å²) >= 11 is 6.21. The number of nitrogens with zero attached hydrogens (tertiary/aromatic N) is 10. The number of Topliss-reactive ketones (excluding diaryl/α,β-unsaturated/α-hetero) is 5. The molecule has 5 unspecified atom stereocenters. The van der Waals surface area contributed by atoms with Gasteiger partial charge in [-0.15, -0.1) is 56.7 Å². The molecule has 5 atom stereocenters. The Balaban J connectivity index is 0.000000138. The third-order valence-electron chi connectivity index (χ3n) is 22.6. The summed E-state index contributed by atoms with van der Waals surface area (Å²) in [7, 11) is 0. The fraction of sp³-hybridized carbons (Fsp3) is 0.196. The number of aliphatic hydroxyl groups is 5. The number of aliphatic hydroxyl groups excluding tert-OH is 5. The van der Waals surface area contributed by atoms with Crippen LogP contribution in [0.1, 0.15) is 181 Å². The number of furan rings is 5. The predicted octanol–water partition coefficient (Wildman–Crippen LogP) is 21.2. The second-order valence-corrected chi connectivity index (χ2v) is 36.9. The molecule has 5 amide bonds. The van der Waals surface area contributed by atoms with E-state index in [0.29, 0.717) is 144 Å². The van der Waals surface area contributed by atoms with Gasteiger partial charge in [0.1, 0.15) is 57.5 Å². The van der Waals surface area contributed by atoms with Crippen LogP contribution in [0.25, 0.3) is 0 Å². The van der Waals surface area contributed by atoms with E-state index < -0.39 is 123 Å². The van der Waals surface area contributed by atoms with Crippen molar-refractivity contribution in [2.45, 2.75) is 106 Å². The van der Waals surface area contributed by atoms with Crippen LogP contribution in [0.5, 0.6) is 28.7 Å². The number of carboxylic acids is 1. The van der Waals surface area contributed by atoms with Crippen LogP contribution >= 0.6 is 56.7 Å². The van der Waals surface area contributed by atoms with Crippen LogP contribution in [-0.4, -0.2) is 153 Å². The van der Waals surface area contributed by atoms with E-state index in [1.54, 1.807) is 244 Å². The van der Waals surface area contributed by atoms with Crippen LogP contribution in [0.3, 0.4) is 0 Å². The van der Waals surface area contributed by atoms with Crippen molar-refractivity contribution in [3.8, 4) is 28.7 Å². The van der Waals surface area contributed by atoms with E-state index in [4.69, 9.17) is 55.7 Å². The summed E-state index contributed by atoms with van der Waals surface area (Å²) in [5, 5.41) is 71.2. The number of aryl methyl sites for hydroxylation is 5. The molecule has 5 aliphatic rings. The van der Waals surface area contributed by atoms with Crippen LogP contribution in [-0.2, 0) is 28.8 Å². The molecule has 5 aliphatic heterocycles. The first-order valence-corrected chi connectivity index (χ1v) is 50.4. The molecule has 0 fully saturated rings. The van der Waals surface area contributed by atoms with Gasteiger partial charge in [0.25, 0.3) is 35.5 Å². The first kappa shape index (κ1) is 106. The second-order valence-electron chi connectivity index (χ2n) is 32.5. The summed E-state index contributed by atoms with van der Waals surface area (Å²) < 4.78 is 55.1. The van der Waals surface area contributed by atoms with Crippen molar-refractivity contribution >= 4 is 147 Å². The highest BCUT2D eigenvalue weighted by Crippen LogP contribution is 2.51. The number of ether oxygens (including phenoxy) is 5. The number of hydrogen-bond donors (Lipinski definition) is 6. The quantitative estimate of drug-likeness (QED) is 0.0228. The van der Waals surface area contributed by atoms with Crippen LogP contribution in [0, 0.1) is 34.6 Å². The molecular weight excluding hydrogens is 2020 g/mol. The monoisotopic (exact) mass is 2110 g/mol. The molecule has 0 radical (unpaired) electrons. The number of anilines is 5. The van der Waals surface area contributed by atoms with Gasteiger partial charge in [-0.25, -0.2) is 24.9 Å². The summed E-state index contributed by atoms with van der Waals surface area (Å²) in [6, 6.07) is 47.1. The molecule has 0 spiro atoms. The zero-order chi connectivity index (χ0) is 106. The van der Waals surface area contributed by atoms with Crippen molar-refractivity contribution in [1.29, 1.82) is 0 Å². The van der Waals surface area contributed by atoms with E-state index in [2.05, 4.69) is 24.9 Å². The highest BCUT2D eigenvalue weighted by atomic mass is 32.1. The lowest BCUT2D eigenvalue weighted by atomic mass is 9.95. The molecular formula is C107H94N10O27S5. The molecule has 37 nitrogen and oxygen atoms in total. The number of carboxylic acid groups (broad SMARTS) is 1. The maximum absolute atomic E-state index is 13.2. The Morgan fingerprint density at radius 2 is 0.443 bits per heavy atom. The summed E-state index contributed by atoms with van der Waals surface area (Å²) in [6.07, 6.45) is 7.82. The highest BCUT2D eigenvalue weighted by molar-refractivity contribution is 7.15. The van der Waals surface area contributed by atoms with E-state index in [-0.39, 0.29) is 56.7 Å². The number of thiazole rings is 5. The Kier molecular flexibility index (Phi) is 33.5. The van der Waals surface area contributed by atoms with E-state index in [0.717, 1.165) is 6.92 Å². The van der Waals surface area contributed by atoms with E-state index >= 15 is 0 Å². The van der Waals surface area contributed by atoms with Gasteiger partial charge >= 0.3 is 0 Å². The minimum atomic E-state index is -0.855. The highest BCUT2D eigenvalue weighted by Gasteiger charge is 2.53. The van der Waals surface area contributed by atoms with Crippen molar-refractivity contribution < 1.29 is 129 Å². The van der Waals surface area contributed by atoms with Crippen molar-refractivity contribution in [1.82, 2.24) is 24.9 Å². The Bertz CT molecular complexity index is 6640.